The summed E-state index contributed by atoms with van der Waals surface area (Å²) in [7, 11) is -1.50. The summed E-state index contributed by atoms with van der Waals surface area (Å²) in [6.45, 7) is 5.40. The Morgan fingerprint density at radius 1 is 1.44 bits per heavy atom. The second-order valence-electron chi connectivity index (χ2n) is 5.21. The third-order valence-electron chi connectivity index (χ3n) is 2.45. The molecule has 0 bridgehead atoms. The molecule has 1 heterocycles. The maximum Gasteiger partial charge on any atom is 0.157 e. The lowest BCUT2D eigenvalue weighted by Gasteiger charge is -2.18. The highest BCUT2D eigenvalue weighted by molar-refractivity contribution is 9.10. The Labute approximate surface area is 117 Å². The lowest BCUT2D eigenvalue weighted by Crippen LogP contribution is -2.40. The van der Waals surface area contributed by atoms with Crippen LogP contribution in [-0.4, -0.2) is 29.5 Å². The fourth-order valence-electron chi connectivity index (χ4n) is 1.80. The van der Waals surface area contributed by atoms with Crippen molar-refractivity contribution in [3.05, 3.63) is 15.9 Å². The predicted molar refractivity (Wildman–Crippen MR) is 76.0 cm³/mol. The van der Waals surface area contributed by atoms with Crippen LogP contribution >= 0.6 is 15.9 Å². The van der Waals surface area contributed by atoms with Gasteiger partial charge in [0.15, 0.2) is 9.84 Å². The quantitative estimate of drug-likeness (QED) is 0.880. The van der Waals surface area contributed by atoms with Crippen molar-refractivity contribution in [2.75, 3.05) is 5.75 Å². The van der Waals surface area contributed by atoms with E-state index in [0.717, 1.165) is 16.6 Å². The molecule has 1 aromatic heterocycles. The number of aryl methyl sites for hydroxylation is 2. The Morgan fingerprint density at radius 3 is 2.39 bits per heavy atom. The summed E-state index contributed by atoms with van der Waals surface area (Å²) < 4.78 is 26.5. The molecule has 5 nitrogen and oxygen atoms in total. The van der Waals surface area contributed by atoms with Gasteiger partial charge in [0.1, 0.15) is 0 Å². The van der Waals surface area contributed by atoms with Crippen molar-refractivity contribution in [3.63, 3.8) is 0 Å². The molecule has 0 amide bonds. The molecule has 0 aromatic carbocycles. The molecule has 7 heteroatoms. The fraction of sp³-hybridized carbons (Fsp3) is 0.727. The number of nitrogens with two attached hydrogens (primary N) is 1. The standard InChI is InChI=1S/C11H20BrN3O2S/c1-5-8-10(12)9(15(4)14-8)6-18(16,17)7-11(2,3)13/h5-7,13H2,1-4H3. The predicted octanol–water partition coefficient (Wildman–Crippen LogP) is 1.40. The fourth-order valence-corrected chi connectivity index (χ4v) is 4.73. The van der Waals surface area contributed by atoms with E-state index in [0.29, 0.717) is 5.69 Å². The second-order valence-corrected chi connectivity index (χ2v) is 8.06. The highest BCUT2D eigenvalue weighted by Gasteiger charge is 2.25. The zero-order valence-corrected chi connectivity index (χ0v) is 13.6. The van der Waals surface area contributed by atoms with Crippen molar-refractivity contribution in [2.24, 2.45) is 12.8 Å². The molecule has 0 radical (unpaired) electrons. The van der Waals surface area contributed by atoms with Crippen LogP contribution in [0.4, 0.5) is 0 Å². The minimum atomic E-state index is -3.25. The maximum atomic E-state index is 12.1. The van der Waals surface area contributed by atoms with Crippen LogP contribution in [0, 0.1) is 0 Å². The Balaban J connectivity index is 3.02. The first-order chi connectivity index (χ1) is 8.06. The molecule has 104 valence electrons. The number of rotatable bonds is 5. The first-order valence-electron chi connectivity index (χ1n) is 5.75. The molecule has 1 aromatic rings. The number of sulfone groups is 1. The number of halogens is 1. The summed E-state index contributed by atoms with van der Waals surface area (Å²) in [6.07, 6.45) is 0.761. The van der Waals surface area contributed by atoms with Gasteiger partial charge in [0.2, 0.25) is 0 Å². The van der Waals surface area contributed by atoms with E-state index in [2.05, 4.69) is 21.0 Å². The summed E-state index contributed by atoms with van der Waals surface area (Å²) in [6, 6.07) is 0. The van der Waals surface area contributed by atoms with E-state index in [-0.39, 0.29) is 11.5 Å². The summed E-state index contributed by atoms with van der Waals surface area (Å²) in [5.41, 5.74) is 6.59. The van der Waals surface area contributed by atoms with Crippen LogP contribution in [0.15, 0.2) is 4.47 Å². The largest absolute Gasteiger partial charge is 0.325 e. The molecule has 2 N–H and O–H groups in total. The molecule has 1 rings (SSSR count). The van der Waals surface area contributed by atoms with Gasteiger partial charge in [0.25, 0.3) is 0 Å². The Kier molecular flexibility index (Phi) is 4.61. The van der Waals surface area contributed by atoms with Crippen LogP contribution in [0.3, 0.4) is 0 Å². The number of nitrogens with zero attached hydrogens (tertiary/aromatic N) is 2. The summed E-state index contributed by atoms with van der Waals surface area (Å²) in [5, 5.41) is 4.28. The average molecular weight is 338 g/mol. The molecule has 0 spiro atoms. The SMILES string of the molecule is CCc1nn(C)c(CS(=O)(=O)CC(C)(C)N)c1Br. The van der Waals surface area contributed by atoms with Gasteiger partial charge in [-0.1, -0.05) is 6.92 Å². The van der Waals surface area contributed by atoms with Crippen LogP contribution < -0.4 is 5.73 Å². The Morgan fingerprint density at radius 2 is 2.00 bits per heavy atom. The van der Waals surface area contributed by atoms with Crippen molar-refractivity contribution >= 4 is 25.8 Å². The first kappa shape index (κ1) is 15.7. The molecule has 0 aliphatic heterocycles. The molecule has 18 heavy (non-hydrogen) atoms. The van der Waals surface area contributed by atoms with E-state index in [4.69, 9.17) is 5.73 Å². The molecule has 0 fully saturated rings. The average Bonchev–Trinajstić information content (AvgIpc) is 2.41. The summed E-state index contributed by atoms with van der Waals surface area (Å²) in [5.74, 6) is -0.0865. The van der Waals surface area contributed by atoms with Crippen molar-refractivity contribution in [1.82, 2.24) is 9.78 Å². The minimum absolute atomic E-state index is 0.0426. The number of aromatic nitrogens is 2. The summed E-state index contributed by atoms with van der Waals surface area (Å²) >= 11 is 3.42. The molecular weight excluding hydrogens is 318 g/mol. The smallest absolute Gasteiger partial charge is 0.157 e. The van der Waals surface area contributed by atoms with Gasteiger partial charge in [-0.2, -0.15) is 5.10 Å². The molecule has 0 atom stereocenters. The molecule has 0 saturated heterocycles. The highest BCUT2D eigenvalue weighted by Crippen LogP contribution is 2.24. The second kappa shape index (κ2) is 5.30. The van der Waals surface area contributed by atoms with Crippen molar-refractivity contribution in [1.29, 1.82) is 0 Å². The molecule has 0 aliphatic carbocycles. The Bertz CT molecular complexity index is 529. The van der Waals surface area contributed by atoms with Crippen LogP contribution in [0.1, 0.15) is 32.2 Å². The van der Waals surface area contributed by atoms with Crippen LogP contribution in [-0.2, 0) is 29.1 Å². The van der Waals surface area contributed by atoms with E-state index in [9.17, 15) is 8.42 Å². The third kappa shape index (κ3) is 4.07. The van der Waals surface area contributed by atoms with E-state index >= 15 is 0 Å². The van der Waals surface area contributed by atoms with Gasteiger partial charge in [-0.15, -0.1) is 0 Å². The minimum Gasteiger partial charge on any atom is -0.325 e. The van der Waals surface area contributed by atoms with Gasteiger partial charge in [0.05, 0.1) is 27.4 Å². The van der Waals surface area contributed by atoms with E-state index in [1.165, 1.54) is 0 Å². The van der Waals surface area contributed by atoms with Gasteiger partial charge in [-0.25, -0.2) is 8.42 Å². The normalized spacial score (nSPS) is 13.0. The number of hydrogen-bond donors (Lipinski definition) is 1. The van der Waals surface area contributed by atoms with Gasteiger partial charge >= 0.3 is 0 Å². The van der Waals surface area contributed by atoms with E-state index in [1.807, 2.05) is 6.92 Å². The molecule has 0 unspecified atom stereocenters. The Hall–Kier alpha value is -0.400. The topological polar surface area (TPSA) is 78.0 Å². The van der Waals surface area contributed by atoms with Gasteiger partial charge in [-0.05, 0) is 36.2 Å². The van der Waals surface area contributed by atoms with Crippen molar-refractivity contribution in [2.45, 2.75) is 38.5 Å². The van der Waals surface area contributed by atoms with Crippen molar-refractivity contribution in [3.8, 4) is 0 Å². The first-order valence-corrected chi connectivity index (χ1v) is 8.36. The van der Waals surface area contributed by atoms with Crippen LogP contribution in [0.5, 0.6) is 0 Å². The molecule has 0 aliphatic rings. The maximum absolute atomic E-state index is 12.1. The van der Waals surface area contributed by atoms with E-state index in [1.54, 1.807) is 25.6 Å². The zero-order valence-electron chi connectivity index (χ0n) is 11.2. The van der Waals surface area contributed by atoms with Crippen LogP contribution in [0.2, 0.25) is 0 Å². The van der Waals surface area contributed by atoms with Gasteiger partial charge in [0, 0.05) is 12.6 Å². The highest BCUT2D eigenvalue weighted by atomic mass is 79.9. The van der Waals surface area contributed by atoms with Gasteiger partial charge < -0.3 is 5.73 Å². The summed E-state index contributed by atoms with van der Waals surface area (Å²) in [4.78, 5) is 0. The molecule has 0 saturated carbocycles. The zero-order chi connectivity index (χ0) is 14.1. The lowest BCUT2D eigenvalue weighted by atomic mass is 10.1. The van der Waals surface area contributed by atoms with E-state index < -0.39 is 15.4 Å². The monoisotopic (exact) mass is 337 g/mol. The van der Waals surface area contributed by atoms with Crippen LogP contribution in [0.25, 0.3) is 0 Å². The van der Waals surface area contributed by atoms with Crippen molar-refractivity contribution < 1.29 is 8.42 Å². The number of hydrogen-bond acceptors (Lipinski definition) is 4. The lowest BCUT2D eigenvalue weighted by molar-refractivity contribution is 0.542. The molecular formula is C11H20BrN3O2S. The van der Waals surface area contributed by atoms with Gasteiger partial charge in [-0.3, -0.25) is 4.68 Å². The third-order valence-corrected chi connectivity index (χ3v) is 5.26.